The predicted octanol–water partition coefficient (Wildman–Crippen LogP) is 1.92. The first-order valence-corrected chi connectivity index (χ1v) is 4.69. The van der Waals surface area contributed by atoms with Crippen LogP contribution in [0.15, 0.2) is 12.1 Å². The normalized spacial score (nSPS) is 19.6. The van der Waals surface area contributed by atoms with Gasteiger partial charge in [0, 0.05) is 5.56 Å². The fraction of sp³-hybridized carbons (Fsp3) is 0.364. The van der Waals surface area contributed by atoms with Gasteiger partial charge in [-0.2, -0.15) is 0 Å². The Kier molecular flexibility index (Phi) is 2.15. The van der Waals surface area contributed by atoms with Crippen molar-refractivity contribution in [3.05, 3.63) is 23.3 Å². The van der Waals surface area contributed by atoms with Crippen molar-refractivity contribution in [1.29, 1.82) is 0 Å². The van der Waals surface area contributed by atoms with Crippen LogP contribution >= 0.6 is 0 Å². The van der Waals surface area contributed by atoms with Gasteiger partial charge in [0.25, 0.3) is 0 Å². The summed E-state index contributed by atoms with van der Waals surface area (Å²) in [5, 5.41) is 9.71. The van der Waals surface area contributed by atoms with Crippen LogP contribution in [-0.2, 0) is 6.42 Å². The van der Waals surface area contributed by atoms with E-state index in [1.165, 1.54) is 0 Å². The third kappa shape index (κ3) is 1.35. The van der Waals surface area contributed by atoms with Gasteiger partial charge in [-0.15, -0.1) is 0 Å². The monoisotopic (exact) mass is 192 g/mol. The minimum atomic E-state index is 0.0735. The average molecular weight is 192 g/mol. The summed E-state index contributed by atoms with van der Waals surface area (Å²) in [7, 11) is 0. The summed E-state index contributed by atoms with van der Waals surface area (Å²) < 4.78 is 5.54. The second-order valence-corrected chi connectivity index (χ2v) is 3.57. The molecule has 1 heterocycles. The Labute approximate surface area is 82.3 Å². The number of carbonyl (C=O) groups is 1. The van der Waals surface area contributed by atoms with Crippen LogP contribution in [0.4, 0.5) is 0 Å². The van der Waals surface area contributed by atoms with Crippen LogP contribution in [0, 0.1) is 0 Å². The number of fused-ring (bicyclic) bond motifs is 1. The standard InChI is InChI=1S/C11H12O3/c1-7-2-4-9-10(14-7)5-3-8(6-12)11(9)13/h3,5-7,13H,2,4H2,1H3. The third-order valence-electron chi connectivity index (χ3n) is 2.53. The molecule has 3 heteroatoms. The SMILES string of the molecule is CC1CCc2c(ccc(C=O)c2O)O1. The van der Waals surface area contributed by atoms with Gasteiger partial charge >= 0.3 is 0 Å². The van der Waals surface area contributed by atoms with Gasteiger partial charge in [-0.1, -0.05) is 0 Å². The van der Waals surface area contributed by atoms with Crippen LogP contribution in [0.5, 0.6) is 11.5 Å². The second-order valence-electron chi connectivity index (χ2n) is 3.57. The fourth-order valence-electron chi connectivity index (χ4n) is 1.71. The Morgan fingerprint density at radius 2 is 2.36 bits per heavy atom. The van der Waals surface area contributed by atoms with E-state index in [4.69, 9.17) is 4.74 Å². The molecule has 1 aliphatic rings. The molecule has 0 aromatic heterocycles. The van der Waals surface area contributed by atoms with E-state index in [0.29, 0.717) is 17.6 Å². The highest BCUT2D eigenvalue weighted by Gasteiger charge is 2.20. The lowest BCUT2D eigenvalue weighted by molar-refractivity contribution is 0.112. The number of aromatic hydroxyl groups is 1. The minimum absolute atomic E-state index is 0.0735. The highest BCUT2D eigenvalue weighted by Crippen LogP contribution is 2.35. The Balaban J connectivity index is 2.48. The number of hydrogen-bond acceptors (Lipinski definition) is 3. The van der Waals surface area contributed by atoms with E-state index in [2.05, 4.69) is 0 Å². The molecule has 0 radical (unpaired) electrons. The molecule has 3 nitrogen and oxygen atoms in total. The van der Waals surface area contributed by atoms with Crippen molar-refractivity contribution in [2.24, 2.45) is 0 Å². The van der Waals surface area contributed by atoms with Gasteiger partial charge in [0.1, 0.15) is 11.5 Å². The lowest BCUT2D eigenvalue weighted by atomic mass is 9.99. The van der Waals surface area contributed by atoms with E-state index in [1.807, 2.05) is 6.92 Å². The van der Waals surface area contributed by atoms with Gasteiger partial charge in [-0.3, -0.25) is 4.79 Å². The molecule has 1 aromatic carbocycles. The number of hydrogen-bond donors (Lipinski definition) is 1. The lowest BCUT2D eigenvalue weighted by Crippen LogP contribution is -2.19. The van der Waals surface area contributed by atoms with Crippen molar-refractivity contribution < 1.29 is 14.6 Å². The molecular formula is C11H12O3. The van der Waals surface area contributed by atoms with Gasteiger partial charge in [-0.05, 0) is 31.9 Å². The van der Waals surface area contributed by atoms with E-state index in [9.17, 15) is 9.90 Å². The number of carbonyl (C=O) groups excluding carboxylic acids is 1. The maximum absolute atomic E-state index is 10.6. The zero-order valence-corrected chi connectivity index (χ0v) is 7.99. The molecule has 1 unspecified atom stereocenters. The fourth-order valence-corrected chi connectivity index (χ4v) is 1.71. The molecular weight excluding hydrogens is 180 g/mol. The first kappa shape index (κ1) is 9.06. The number of rotatable bonds is 1. The first-order valence-electron chi connectivity index (χ1n) is 4.69. The van der Waals surface area contributed by atoms with Crippen LogP contribution in [-0.4, -0.2) is 17.5 Å². The molecule has 74 valence electrons. The van der Waals surface area contributed by atoms with Gasteiger partial charge in [-0.25, -0.2) is 0 Å². The van der Waals surface area contributed by atoms with Gasteiger partial charge in [0.15, 0.2) is 6.29 Å². The van der Waals surface area contributed by atoms with Gasteiger partial charge in [0.2, 0.25) is 0 Å². The van der Waals surface area contributed by atoms with Crippen LogP contribution < -0.4 is 4.74 Å². The quantitative estimate of drug-likeness (QED) is 0.691. The highest BCUT2D eigenvalue weighted by atomic mass is 16.5. The largest absolute Gasteiger partial charge is 0.507 e. The molecule has 0 saturated carbocycles. The van der Waals surface area contributed by atoms with E-state index >= 15 is 0 Å². The Morgan fingerprint density at radius 3 is 3.07 bits per heavy atom. The molecule has 1 atom stereocenters. The van der Waals surface area contributed by atoms with Crippen LogP contribution in [0.25, 0.3) is 0 Å². The molecule has 14 heavy (non-hydrogen) atoms. The van der Waals surface area contributed by atoms with Crippen molar-refractivity contribution in [1.82, 2.24) is 0 Å². The molecule has 0 spiro atoms. The molecule has 1 aliphatic heterocycles. The molecule has 0 saturated heterocycles. The van der Waals surface area contributed by atoms with Crippen molar-refractivity contribution in [3.8, 4) is 11.5 Å². The molecule has 0 aliphatic carbocycles. The molecule has 1 aromatic rings. The molecule has 2 rings (SSSR count). The smallest absolute Gasteiger partial charge is 0.153 e. The third-order valence-corrected chi connectivity index (χ3v) is 2.53. The van der Waals surface area contributed by atoms with E-state index < -0.39 is 0 Å². The predicted molar refractivity (Wildman–Crippen MR) is 51.9 cm³/mol. The van der Waals surface area contributed by atoms with E-state index in [-0.39, 0.29) is 11.9 Å². The maximum Gasteiger partial charge on any atom is 0.153 e. The van der Waals surface area contributed by atoms with Crippen molar-refractivity contribution in [2.45, 2.75) is 25.9 Å². The van der Waals surface area contributed by atoms with Crippen molar-refractivity contribution >= 4 is 6.29 Å². The first-order chi connectivity index (χ1) is 6.72. The zero-order valence-electron chi connectivity index (χ0n) is 7.99. The topological polar surface area (TPSA) is 46.5 Å². The number of phenolic OH excluding ortho intramolecular Hbond substituents is 1. The number of aldehydes is 1. The summed E-state index contributed by atoms with van der Waals surface area (Å²) in [6.07, 6.45) is 2.49. The highest BCUT2D eigenvalue weighted by molar-refractivity contribution is 5.81. The summed E-state index contributed by atoms with van der Waals surface area (Å²) >= 11 is 0. The number of ether oxygens (including phenoxy) is 1. The molecule has 1 N–H and O–H groups in total. The molecule has 0 fully saturated rings. The van der Waals surface area contributed by atoms with Crippen LogP contribution in [0.3, 0.4) is 0 Å². The van der Waals surface area contributed by atoms with E-state index in [1.54, 1.807) is 12.1 Å². The molecule has 0 bridgehead atoms. The Morgan fingerprint density at radius 1 is 1.57 bits per heavy atom. The van der Waals surface area contributed by atoms with Gasteiger partial charge < -0.3 is 9.84 Å². The second kappa shape index (κ2) is 3.33. The average Bonchev–Trinajstić information content (AvgIpc) is 2.18. The van der Waals surface area contributed by atoms with Crippen LogP contribution in [0.2, 0.25) is 0 Å². The van der Waals surface area contributed by atoms with Crippen LogP contribution in [0.1, 0.15) is 29.3 Å². The van der Waals surface area contributed by atoms with E-state index in [0.717, 1.165) is 18.4 Å². The molecule has 0 amide bonds. The summed E-state index contributed by atoms with van der Waals surface area (Å²) in [5.41, 5.74) is 1.09. The van der Waals surface area contributed by atoms with Gasteiger partial charge in [0.05, 0.1) is 11.7 Å². The summed E-state index contributed by atoms with van der Waals surface area (Å²) in [6, 6.07) is 3.33. The lowest BCUT2D eigenvalue weighted by Gasteiger charge is -2.24. The summed E-state index contributed by atoms with van der Waals surface area (Å²) in [4.78, 5) is 10.6. The number of benzene rings is 1. The number of phenols is 1. The zero-order chi connectivity index (χ0) is 10.1. The summed E-state index contributed by atoms with van der Waals surface area (Å²) in [5.74, 6) is 0.774. The summed E-state index contributed by atoms with van der Waals surface area (Å²) in [6.45, 7) is 1.99. The Bertz CT molecular complexity index is 371. The van der Waals surface area contributed by atoms with Crippen molar-refractivity contribution in [2.75, 3.05) is 0 Å². The minimum Gasteiger partial charge on any atom is -0.507 e. The maximum atomic E-state index is 10.6. The van der Waals surface area contributed by atoms with Crippen molar-refractivity contribution in [3.63, 3.8) is 0 Å². The Hall–Kier alpha value is -1.51.